The molecule has 8 atom stereocenters. The fourth-order valence-corrected chi connectivity index (χ4v) is 8.44. The van der Waals surface area contributed by atoms with E-state index < -0.39 is 11.4 Å². The van der Waals surface area contributed by atoms with E-state index in [1.165, 1.54) is 18.4 Å². The second kappa shape index (κ2) is 7.66. The molecule has 0 aromatic carbocycles. The molecule has 1 N–H and O–H groups in total. The quantitative estimate of drug-likeness (QED) is 0.549. The Morgan fingerprint density at radius 2 is 1.87 bits per heavy atom. The third-order valence-electron chi connectivity index (χ3n) is 9.55. The van der Waals surface area contributed by atoms with Crippen molar-refractivity contribution < 1.29 is 24.1 Å². The number of rotatable bonds is 0. The molecule has 4 aliphatic carbocycles. The molecule has 0 aromatic heterocycles. The van der Waals surface area contributed by atoms with Crippen molar-refractivity contribution in [2.45, 2.75) is 90.1 Å². The highest BCUT2D eigenvalue weighted by Crippen LogP contribution is 2.71. The van der Waals surface area contributed by atoms with E-state index in [9.17, 15) is 5.11 Å². The van der Waals surface area contributed by atoms with Crippen LogP contribution in [0.1, 0.15) is 72.6 Å². The van der Waals surface area contributed by atoms with Gasteiger partial charge in [0.15, 0.2) is 13.6 Å². The van der Waals surface area contributed by atoms with Crippen molar-refractivity contribution in [1.29, 1.82) is 0 Å². The molecule has 1 unspecified atom stereocenters. The highest BCUT2D eigenvalue weighted by Gasteiger charge is 2.76. The zero-order valence-electron chi connectivity index (χ0n) is 19.7. The number of allylic oxidation sites excluding steroid dienone is 4. The molecule has 2 aliphatic heterocycles. The predicted octanol–water partition coefficient (Wildman–Crippen LogP) is 4.95. The predicted molar refractivity (Wildman–Crippen MR) is 118 cm³/mol. The van der Waals surface area contributed by atoms with Crippen molar-refractivity contribution >= 4 is 0 Å². The van der Waals surface area contributed by atoms with Crippen molar-refractivity contribution in [1.82, 2.24) is 0 Å². The number of fused-ring (bicyclic) bond motifs is 7. The highest BCUT2D eigenvalue weighted by atomic mass is 16.9. The lowest BCUT2D eigenvalue weighted by molar-refractivity contribution is -0.256. The van der Waals surface area contributed by atoms with Crippen LogP contribution in [0.2, 0.25) is 0 Å². The normalized spacial score (nSPS) is 52.4. The molecule has 6 aliphatic rings. The topological polar surface area (TPSA) is 57.2 Å². The van der Waals surface area contributed by atoms with Gasteiger partial charge in [0, 0.05) is 16.7 Å². The van der Waals surface area contributed by atoms with E-state index in [2.05, 4.69) is 45.9 Å². The van der Waals surface area contributed by atoms with E-state index in [4.69, 9.17) is 18.9 Å². The minimum absolute atomic E-state index is 0.00461. The van der Waals surface area contributed by atoms with Crippen LogP contribution in [0.3, 0.4) is 0 Å². The smallest absolute Gasteiger partial charge is 0.226 e. The zero-order valence-corrected chi connectivity index (χ0v) is 19.7. The molecular formula is C26H40O5. The monoisotopic (exact) mass is 432 g/mol. The molecule has 5 nitrogen and oxygen atoms in total. The van der Waals surface area contributed by atoms with Gasteiger partial charge in [0.05, 0.1) is 6.10 Å². The van der Waals surface area contributed by atoms with E-state index in [0.717, 1.165) is 32.1 Å². The molecule has 0 aromatic rings. The van der Waals surface area contributed by atoms with Crippen molar-refractivity contribution in [3.8, 4) is 0 Å². The summed E-state index contributed by atoms with van der Waals surface area (Å²) in [5, 5.41) is 11.6. The van der Waals surface area contributed by atoms with Gasteiger partial charge in [-0.25, -0.2) is 0 Å². The maximum absolute atomic E-state index is 11.6. The summed E-state index contributed by atoms with van der Waals surface area (Å²) in [4.78, 5) is 0. The van der Waals surface area contributed by atoms with Crippen LogP contribution in [-0.4, -0.2) is 42.8 Å². The van der Waals surface area contributed by atoms with Crippen LogP contribution in [0.4, 0.5) is 0 Å². The van der Waals surface area contributed by atoms with E-state index in [0.29, 0.717) is 18.4 Å². The Bertz CT molecular complexity index is 749. The number of ether oxygens (including phenoxy) is 4. The van der Waals surface area contributed by atoms with Gasteiger partial charge in [-0.3, -0.25) is 0 Å². The Morgan fingerprint density at radius 3 is 2.61 bits per heavy atom. The first-order chi connectivity index (χ1) is 14.9. The average Bonchev–Trinajstić information content (AvgIpc) is 3.43. The largest absolute Gasteiger partial charge is 0.393 e. The van der Waals surface area contributed by atoms with Gasteiger partial charge in [-0.15, -0.1) is 0 Å². The SMILES string of the molecule is CCC.C[C@]12C=CCC=C1CC[C@@H]1[C@@H]2[C@@H](O)C[C@@]2(C)[C@H]1CC[C@@]21OCOC12COCO2. The number of aliphatic hydroxyl groups excluding tert-OH is 1. The Balaban J connectivity index is 0.000000646. The summed E-state index contributed by atoms with van der Waals surface area (Å²) in [6.45, 7) is 9.87. The lowest BCUT2D eigenvalue weighted by Gasteiger charge is -2.61. The summed E-state index contributed by atoms with van der Waals surface area (Å²) >= 11 is 0. The van der Waals surface area contributed by atoms with E-state index in [-0.39, 0.29) is 36.4 Å². The van der Waals surface area contributed by atoms with Gasteiger partial charge in [0.2, 0.25) is 5.79 Å². The van der Waals surface area contributed by atoms with Crippen LogP contribution < -0.4 is 0 Å². The first-order valence-corrected chi connectivity index (χ1v) is 12.4. The molecule has 5 fully saturated rings. The summed E-state index contributed by atoms with van der Waals surface area (Å²) in [7, 11) is 0. The molecule has 3 saturated carbocycles. The van der Waals surface area contributed by atoms with Crippen molar-refractivity contribution in [2.24, 2.45) is 28.6 Å². The third kappa shape index (κ3) is 2.80. The minimum Gasteiger partial charge on any atom is -0.393 e. The average molecular weight is 433 g/mol. The second-order valence-corrected chi connectivity index (χ2v) is 11.0. The molecule has 0 radical (unpaired) electrons. The summed E-state index contributed by atoms with van der Waals surface area (Å²) < 4.78 is 24.1. The molecule has 0 amide bonds. The fourth-order valence-electron chi connectivity index (χ4n) is 8.44. The van der Waals surface area contributed by atoms with Crippen molar-refractivity contribution in [3.63, 3.8) is 0 Å². The van der Waals surface area contributed by atoms with Crippen LogP contribution in [0.25, 0.3) is 0 Å². The van der Waals surface area contributed by atoms with Crippen molar-refractivity contribution in [2.75, 3.05) is 20.2 Å². The Labute approximate surface area is 187 Å². The first-order valence-electron chi connectivity index (χ1n) is 12.4. The third-order valence-corrected chi connectivity index (χ3v) is 9.55. The summed E-state index contributed by atoms with van der Waals surface area (Å²) in [6, 6.07) is 0. The molecule has 31 heavy (non-hydrogen) atoms. The molecule has 6 rings (SSSR count). The maximum atomic E-state index is 11.6. The standard InChI is InChI=1S/C23H32O5.C3H8/c1-20-9-4-3-5-15(20)6-7-16-17-8-10-22(21(17,2)11-18(24)19(16)20)23(28-14-26-22)12-25-13-27-23;1-3-2/h4-5,9,16-19,24H,3,6-8,10-14H2,1-2H3;3H2,1-2H3/t16-,17-,18-,19+,20-,21-,22+,23?;/m0./s1. The van der Waals surface area contributed by atoms with Gasteiger partial charge in [0.1, 0.15) is 12.2 Å². The van der Waals surface area contributed by atoms with Crippen LogP contribution in [0.5, 0.6) is 0 Å². The van der Waals surface area contributed by atoms with E-state index in [1.807, 2.05) is 0 Å². The second-order valence-electron chi connectivity index (χ2n) is 11.0. The molecule has 174 valence electrons. The van der Waals surface area contributed by atoms with Gasteiger partial charge in [-0.1, -0.05) is 57.9 Å². The van der Waals surface area contributed by atoms with Gasteiger partial charge < -0.3 is 24.1 Å². The van der Waals surface area contributed by atoms with Gasteiger partial charge in [-0.2, -0.15) is 0 Å². The van der Waals surface area contributed by atoms with E-state index in [1.54, 1.807) is 0 Å². The molecule has 2 heterocycles. The molecule has 2 saturated heterocycles. The zero-order chi connectivity index (χ0) is 21.9. The van der Waals surface area contributed by atoms with E-state index >= 15 is 0 Å². The number of aliphatic hydroxyl groups is 1. The number of hydrogen-bond acceptors (Lipinski definition) is 5. The van der Waals surface area contributed by atoms with Crippen LogP contribution in [0, 0.1) is 28.6 Å². The van der Waals surface area contributed by atoms with Gasteiger partial charge >= 0.3 is 0 Å². The first kappa shape index (κ1) is 22.1. The molecule has 0 bridgehead atoms. The summed E-state index contributed by atoms with van der Waals surface area (Å²) in [6.07, 6.45) is 14.1. The fraction of sp³-hybridized carbons (Fsp3) is 0.846. The lowest BCUT2D eigenvalue weighted by atomic mass is 9.46. The minimum atomic E-state index is -0.808. The van der Waals surface area contributed by atoms with Gasteiger partial charge in [-0.05, 0) is 50.4 Å². The Morgan fingerprint density at radius 1 is 1.10 bits per heavy atom. The highest BCUT2D eigenvalue weighted by molar-refractivity contribution is 5.33. The maximum Gasteiger partial charge on any atom is 0.226 e. The van der Waals surface area contributed by atoms with Crippen LogP contribution in [-0.2, 0) is 18.9 Å². The Kier molecular flexibility index (Phi) is 5.46. The Hall–Kier alpha value is -0.720. The van der Waals surface area contributed by atoms with Crippen LogP contribution >= 0.6 is 0 Å². The number of hydrogen-bond donors (Lipinski definition) is 1. The lowest BCUT2D eigenvalue weighted by Crippen LogP contribution is -2.66. The summed E-state index contributed by atoms with van der Waals surface area (Å²) in [5.74, 6) is 0.493. The summed E-state index contributed by atoms with van der Waals surface area (Å²) in [5.41, 5.74) is 0.839. The molecule has 2 spiro atoms. The van der Waals surface area contributed by atoms with Crippen LogP contribution in [0.15, 0.2) is 23.8 Å². The molecular weight excluding hydrogens is 392 g/mol. The van der Waals surface area contributed by atoms with Crippen molar-refractivity contribution in [3.05, 3.63) is 23.8 Å². The molecule has 5 heteroatoms. The van der Waals surface area contributed by atoms with Gasteiger partial charge in [0.25, 0.3) is 0 Å².